The average molecular weight is 301 g/mol. The highest BCUT2D eigenvalue weighted by molar-refractivity contribution is 5.95. The monoisotopic (exact) mass is 301 g/mol. The first-order valence-corrected chi connectivity index (χ1v) is 6.77. The number of amides is 1. The van der Waals surface area contributed by atoms with Crippen molar-refractivity contribution in [3.63, 3.8) is 0 Å². The number of hydrogen-bond donors (Lipinski definition) is 1. The number of carbonyl (C=O) groups is 1. The zero-order valence-electron chi connectivity index (χ0n) is 11.7. The van der Waals surface area contributed by atoms with Crippen LogP contribution >= 0.6 is 0 Å². The summed E-state index contributed by atoms with van der Waals surface area (Å²) in [5, 5.41) is 0. The molecule has 21 heavy (non-hydrogen) atoms. The molecule has 1 aromatic carbocycles. The molecule has 0 unspecified atom stereocenters. The molecule has 0 bridgehead atoms. The largest absolute Gasteiger partial charge is 0.459 e. The molecular formula is C14H18F3N3O. The number of carbonyl (C=O) groups excluding carboxylic acids is 1. The van der Waals surface area contributed by atoms with Gasteiger partial charge in [-0.15, -0.1) is 0 Å². The molecule has 2 N–H and O–H groups in total. The van der Waals surface area contributed by atoms with Gasteiger partial charge in [0.15, 0.2) is 0 Å². The number of anilines is 2. The fourth-order valence-corrected chi connectivity index (χ4v) is 2.71. The summed E-state index contributed by atoms with van der Waals surface area (Å²) in [4.78, 5) is 13.9. The Hall–Kier alpha value is -1.76. The van der Waals surface area contributed by atoms with Crippen molar-refractivity contribution < 1.29 is 18.0 Å². The van der Waals surface area contributed by atoms with Gasteiger partial charge >= 0.3 is 6.30 Å². The molecule has 0 aliphatic carbocycles. The number of piperidine rings is 1. The normalized spacial score (nSPS) is 17.7. The Labute approximate surface area is 121 Å². The van der Waals surface area contributed by atoms with E-state index in [1.165, 1.54) is 11.8 Å². The van der Waals surface area contributed by atoms with Crippen molar-refractivity contribution >= 4 is 17.3 Å². The number of likely N-dealkylation sites (tertiary alicyclic amines) is 1. The van der Waals surface area contributed by atoms with Gasteiger partial charge in [-0.25, -0.2) is 4.90 Å². The second-order valence-electron chi connectivity index (χ2n) is 5.13. The van der Waals surface area contributed by atoms with Crippen LogP contribution < -0.4 is 10.6 Å². The van der Waals surface area contributed by atoms with Gasteiger partial charge in [-0.05, 0) is 25.0 Å². The average Bonchev–Trinajstić information content (AvgIpc) is 2.40. The highest BCUT2D eigenvalue weighted by Crippen LogP contribution is 2.31. The summed E-state index contributed by atoms with van der Waals surface area (Å²) in [6, 6.07) is 6.64. The Kier molecular flexibility index (Phi) is 4.41. The lowest BCUT2D eigenvalue weighted by Crippen LogP contribution is -2.50. The molecular weight excluding hydrogens is 283 g/mol. The molecule has 1 saturated heterocycles. The summed E-state index contributed by atoms with van der Waals surface area (Å²) in [7, 11) is 0. The Morgan fingerprint density at radius 1 is 1.29 bits per heavy atom. The van der Waals surface area contributed by atoms with E-state index in [0.717, 1.165) is 0 Å². The minimum absolute atomic E-state index is 0.106. The molecule has 0 radical (unpaired) electrons. The van der Waals surface area contributed by atoms with Gasteiger partial charge in [0, 0.05) is 26.1 Å². The summed E-state index contributed by atoms with van der Waals surface area (Å²) in [5.74, 6) is -0.210. The molecule has 1 aromatic rings. The minimum Gasteiger partial charge on any atom is -0.397 e. The number of benzene rings is 1. The van der Waals surface area contributed by atoms with Gasteiger partial charge in [-0.1, -0.05) is 12.1 Å². The van der Waals surface area contributed by atoms with Crippen LogP contribution in [0.2, 0.25) is 0 Å². The second kappa shape index (κ2) is 5.93. The zero-order valence-corrected chi connectivity index (χ0v) is 11.7. The maximum Gasteiger partial charge on any atom is 0.459 e. The summed E-state index contributed by atoms with van der Waals surface area (Å²) >= 11 is 0. The van der Waals surface area contributed by atoms with Crippen LogP contribution in [0.1, 0.15) is 19.8 Å². The SMILES string of the molecule is CC(=O)N(c1ccccc1N)C1CCN(C(F)(F)F)CC1. The molecule has 116 valence electrons. The van der Waals surface area contributed by atoms with E-state index >= 15 is 0 Å². The Morgan fingerprint density at radius 2 is 1.86 bits per heavy atom. The van der Waals surface area contributed by atoms with Crippen LogP contribution in [-0.2, 0) is 4.79 Å². The van der Waals surface area contributed by atoms with E-state index in [1.807, 2.05) is 0 Å². The van der Waals surface area contributed by atoms with Crippen molar-refractivity contribution in [2.75, 3.05) is 23.7 Å². The first-order chi connectivity index (χ1) is 9.80. The number of nitrogens with two attached hydrogens (primary N) is 1. The smallest absolute Gasteiger partial charge is 0.397 e. The van der Waals surface area contributed by atoms with Crippen molar-refractivity contribution in [1.82, 2.24) is 4.90 Å². The van der Waals surface area contributed by atoms with Crippen molar-refractivity contribution in [2.45, 2.75) is 32.1 Å². The van der Waals surface area contributed by atoms with Crippen molar-refractivity contribution in [3.05, 3.63) is 24.3 Å². The molecule has 1 fully saturated rings. The number of hydrogen-bond acceptors (Lipinski definition) is 3. The summed E-state index contributed by atoms with van der Waals surface area (Å²) in [6.45, 7) is 1.19. The van der Waals surface area contributed by atoms with Crippen molar-refractivity contribution in [3.8, 4) is 0 Å². The number of nitrogen functional groups attached to an aromatic ring is 1. The topological polar surface area (TPSA) is 49.6 Å². The molecule has 4 nitrogen and oxygen atoms in total. The highest BCUT2D eigenvalue weighted by atomic mass is 19.4. The molecule has 2 rings (SSSR count). The predicted octanol–water partition coefficient (Wildman–Crippen LogP) is 2.61. The molecule has 0 spiro atoms. The van der Waals surface area contributed by atoms with E-state index in [1.54, 1.807) is 24.3 Å². The number of nitrogens with zero attached hydrogens (tertiary/aromatic N) is 2. The van der Waals surface area contributed by atoms with E-state index in [4.69, 9.17) is 5.73 Å². The first-order valence-electron chi connectivity index (χ1n) is 6.77. The van der Waals surface area contributed by atoms with Gasteiger partial charge in [0.25, 0.3) is 0 Å². The number of halogens is 3. The van der Waals surface area contributed by atoms with Crippen LogP contribution in [0.5, 0.6) is 0 Å². The molecule has 1 aliphatic heterocycles. The third-order valence-corrected chi connectivity index (χ3v) is 3.72. The molecule has 0 aromatic heterocycles. The van der Waals surface area contributed by atoms with Crippen LogP contribution in [0.25, 0.3) is 0 Å². The van der Waals surface area contributed by atoms with E-state index in [9.17, 15) is 18.0 Å². The van der Waals surface area contributed by atoms with Crippen LogP contribution in [0, 0.1) is 0 Å². The maximum atomic E-state index is 12.6. The summed E-state index contributed by atoms with van der Waals surface area (Å²) in [5.41, 5.74) is 6.89. The number of rotatable bonds is 2. The molecule has 1 aliphatic rings. The van der Waals surface area contributed by atoms with E-state index in [-0.39, 0.29) is 37.9 Å². The molecule has 1 heterocycles. The van der Waals surface area contributed by atoms with Gasteiger partial charge in [0.1, 0.15) is 0 Å². The van der Waals surface area contributed by atoms with Gasteiger partial charge < -0.3 is 10.6 Å². The first kappa shape index (κ1) is 15.6. The standard InChI is InChI=1S/C14H18F3N3O/c1-10(21)20(13-5-3-2-4-12(13)18)11-6-8-19(9-7-11)14(15,16)17/h2-5,11H,6-9,18H2,1H3. The third kappa shape index (κ3) is 3.47. The lowest BCUT2D eigenvalue weighted by Gasteiger charge is -2.38. The van der Waals surface area contributed by atoms with Crippen LogP contribution in [0.4, 0.5) is 24.5 Å². The molecule has 0 atom stereocenters. The fourth-order valence-electron chi connectivity index (χ4n) is 2.71. The van der Waals surface area contributed by atoms with Gasteiger partial charge in [0.2, 0.25) is 5.91 Å². The Bertz CT molecular complexity index is 510. The lowest BCUT2D eigenvalue weighted by molar-refractivity contribution is -0.249. The van der Waals surface area contributed by atoms with Gasteiger partial charge in [0.05, 0.1) is 11.4 Å². The highest BCUT2D eigenvalue weighted by Gasteiger charge is 2.40. The van der Waals surface area contributed by atoms with Crippen LogP contribution in [0.3, 0.4) is 0 Å². The minimum atomic E-state index is -4.31. The molecule has 7 heteroatoms. The maximum absolute atomic E-state index is 12.6. The zero-order chi connectivity index (χ0) is 15.6. The van der Waals surface area contributed by atoms with Crippen LogP contribution in [0.15, 0.2) is 24.3 Å². The Balaban J connectivity index is 2.15. The van der Waals surface area contributed by atoms with E-state index in [2.05, 4.69) is 0 Å². The van der Waals surface area contributed by atoms with Crippen molar-refractivity contribution in [2.24, 2.45) is 0 Å². The summed E-state index contributed by atoms with van der Waals surface area (Å²) < 4.78 is 37.9. The fraction of sp³-hybridized carbons (Fsp3) is 0.500. The summed E-state index contributed by atoms with van der Waals surface area (Å²) in [6.07, 6.45) is -3.77. The molecule has 1 amide bonds. The van der Waals surface area contributed by atoms with Gasteiger partial charge in [-0.3, -0.25) is 4.79 Å². The van der Waals surface area contributed by atoms with E-state index in [0.29, 0.717) is 16.3 Å². The number of alkyl halides is 3. The number of para-hydroxylation sites is 2. The van der Waals surface area contributed by atoms with Gasteiger partial charge in [-0.2, -0.15) is 13.2 Å². The van der Waals surface area contributed by atoms with Crippen LogP contribution in [-0.4, -0.2) is 36.2 Å². The molecule has 0 saturated carbocycles. The predicted molar refractivity (Wildman–Crippen MR) is 74.7 cm³/mol. The Morgan fingerprint density at radius 3 is 2.33 bits per heavy atom. The van der Waals surface area contributed by atoms with Crippen molar-refractivity contribution in [1.29, 1.82) is 0 Å². The lowest BCUT2D eigenvalue weighted by atomic mass is 10.0. The third-order valence-electron chi connectivity index (χ3n) is 3.72. The quantitative estimate of drug-likeness (QED) is 0.675. The second-order valence-corrected chi connectivity index (χ2v) is 5.13. The van der Waals surface area contributed by atoms with E-state index < -0.39 is 6.30 Å².